The van der Waals surface area contributed by atoms with Gasteiger partial charge in [0.05, 0.1) is 5.97 Å². The van der Waals surface area contributed by atoms with Crippen molar-refractivity contribution in [3.8, 4) is 0 Å². The third-order valence-corrected chi connectivity index (χ3v) is 1.85. The topological polar surface area (TPSA) is 52.7 Å². The molecular formula is C9H7KO3. The van der Waals surface area contributed by atoms with E-state index in [9.17, 15) is 9.90 Å². The normalized spacial score (nSPS) is 24.6. The largest absolute Gasteiger partial charge is 1.00 e. The van der Waals surface area contributed by atoms with Gasteiger partial charge in [0.25, 0.3) is 0 Å². The molecular weight excluding hydrogens is 195 g/mol. The van der Waals surface area contributed by atoms with Crippen LogP contribution in [0.5, 0.6) is 0 Å². The molecule has 1 aliphatic heterocycles. The molecule has 1 saturated heterocycles. The molecule has 1 heterocycles. The fourth-order valence-corrected chi connectivity index (χ4v) is 1.19. The Morgan fingerprint density at radius 2 is 1.92 bits per heavy atom. The van der Waals surface area contributed by atoms with Crippen LogP contribution in [0, 0.1) is 0 Å². The molecule has 0 amide bonds. The second-order valence-electron chi connectivity index (χ2n) is 2.71. The van der Waals surface area contributed by atoms with Crippen molar-refractivity contribution in [3.63, 3.8) is 0 Å². The molecule has 0 N–H and O–H groups in total. The van der Waals surface area contributed by atoms with Crippen LogP contribution in [0.4, 0.5) is 0 Å². The minimum absolute atomic E-state index is 0. The summed E-state index contributed by atoms with van der Waals surface area (Å²) in [5.41, 5.74) is 0.895. The molecule has 0 spiro atoms. The predicted octanol–water partition coefficient (Wildman–Crippen LogP) is -3.12. The van der Waals surface area contributed by atoms with Gasteiger partial charge in [-0.15, -0.1) is 0 Å². The van der Waals surface area contributed by atoms with Crippen LogP contribution < -0.4 is 56.5 Å². The summed E-state index contributed by atoms with van der Waals surface area (Å²) in [7, 11) is 0. The third kappa shape index (κ3) is 2.62. The summed E-state index contributed by atoms with van der Waals surface area (Å²) in [6.45, 7) is 0. The minimum Gasteiger partial charge on any atom is -0.547 e. The van der Waals surface area contributed by atoms with Crippen LogP contribution in [0.25, 0.3) is 0 Å². The average Bonchev–Trinajstić information content (AvgIpc) is 2.84. The van der Waals surface area contributed by atoms with Crippen LogP contribution in [0.2, 0.25) is 0 Å². The van der Waals surface area contributed by atoms with Crippen molar-refractivity contribution in [2.24, 2.45) is 0 Å². The molecule has 1 fully saturated rings. The molecule has 1 aromatic rings. The van der Waals surface area contributed by atoms with Gasteiger partial charge in [0, 0.05) is 0 Å². The molecule has 3 nitrogen and oxygen atoms in total. The van der Waals surface area contributed by atoms with E-state index in [0.29, 0.717) is 0 Å². The van der Waals surface area contributed by atoms with Crippen molar-refractivity contribution in [2.45, 2.75) is 12.2 Å². The molecule has 0 aliphatic carbocycles. The van der Waals surface area contributed by atoms with Crippen LogP contribution in [0.3, 0.4) is 0 Å². The van der Waals surface area contributed by atoms with Crippen LogP contribution >= 0.6 is 0 Å². The quantitative estimate of drug-likeness (QED) is 0.377. The molecule has 0 unspecified atom stereocenters. The van der Waals surface area contributed by atoms with Gasteiger partial charge in [-0.05, 0) is 5.56 Å². The Kier molecular flexibility index (Phi) is 4.09. The van der Waals surface area contributed by atoms with E-state index >= 15 is 0 Å². The van der Waals surface area contributed by atoms with Crippen LogP contribution in [0.15, 0.2) is 30.3 Å². The van der Waals surface area contributed by atoms with Gasteiger partial charge in [-0.25, -0.2) is 0 Å². The zero-order valence-corrected chi connectivity index (χ0v) is 10.4. The maximum Gasteiger partial charge on any atom is 1.00 e. The van der Waals surface area contributed by atoms with Crippen molar-refractivity contribution in [1.82, 2.24) is 0 Å². The number of carboxylic acids is 1. The molecule has 2 rings (SSSR count). The summed E-state index contributed by atoms with van der Waals surface area (Å²) in [5, 5.41) is 10.3. The molecule has 4 heteroatoms. The van der Waals surface area contributed by atoms with E-state index < -0.39 is 12.1 Å². The molecule has 0 bridgehead atoms. The monoisotopic (exact) mass is 202 g/mol. The van der Waals surface area contributed by atoms with Crippen LogP contribution in [-0.2, 0) is 9.53 Å². The first-order valence-corrected chi connectivity index (χ1v) is 3.70. The molecule has 1 aliphatic rings. The molecule has 0 radical (unpaired) electrons. The summed E-state index contributed by atoms with van der Waals surface area (Å²) in [6.07, 6.45) is -1.04. The fourth-order valence-electron chi connectivity index (χ4n) is 1.19. The molecule has 2 atom stereocenters. The zero-order chi connectivity index (χ0) is 8.55. The van der Waals surface area contributed by atoms with Gasteiger partial charge in [-0.3, -0.25) is 0 Å². The van der Waals surface area contributed by atoms with Gasteiger partial charge in [-0.1, -0.05) is 30.3 Å². The summed E-state index contributed by atoms with van der Waals surface area (Å²) in [4.78, 5) is 10.3. The molecule has 62 valence electrons. The number of aliphatic carboxylic acids is 1. The van der Waals surface area contributed by atoms with Crippen LogP contribution in [0.1, 0.15) is 11.7 Å². The van der Waals surface area contributed by atoms with E-state index in [0.717, 1.165) is 5.56 Å². The van der Waals surface area contributed by atoms with E-state index in [2.05, 4.69) is 0 Å². The third-order valence-electron chi connectivity index (χ3n) is 1.85. The number of epoxide rings is 1. The molecule has 13 heavy (non-hydrogen) atoms. The number of carbonyl (C=O) groups excluding carboxylic acids is 1. The SMILES string of the molecule is O=C([O-])[C@H]1O[C@H]1c1ccccc1.[K+]. The number of ether oxygens (including phenoxy) is 1. The van der Waals surface area contributed by atoms with Gasteiger partial charge >= 0.3 is 51.4 Å². The zero-order valence-electron chi connectivity index (χ0n) is 7.27. The van der Waals surface area contributed by atoms with Gasteiger partial charge < -0.3 is 14.6 Å². The Hall–Kier alpha value is 0.286. The van der Waals surface area contributed by atoms with Crippen molar-refractivity contribution >= 4 is 5.97 Å². The van der Waals surface area contributed by atoms with Gasteiger partial charge in [0.1, 0.15) is 12.2 Å². The Bertz CT molecular complexity index is 299. The first-order chi connectivity index (χ1) is 5.79. The first kappa shape index (κ1) is 11.4. The first-order valence-electron chi connectivity index (χ1n) is 3.70. The van der Waals surface area contributed by atoms with Crippen molar-refractivity contribution < 1.29 is 66.0 Å². The number of carboxylic acid groups (broad SMARTS) is 1. The Morgan fingerprint density at radius 1 is 1.31 bits per heavy atom. The van der Waals surface area contributed by atoms with Gasteiger partial charge in [0.15, 0.2) is 0 Å². The second-order valence-corrected chi connectivity index (χ2v) is 2.71. The Balaban J connectivity index is 0.000000845. The van der Waals surface area contributed by atoms with E-state index in [1.165, 1.54) is 0 Å². The summed E-state index contributed by atoms with van der Waals surface area (Å²) in [5.74, 6) is -1.14. The van der Waals surface area contributed by atoms with Gasteiger partial charge in [0.2, 0.25) is 0 Å². The number of rotatable bonds is 2. The van der Waals surface area contributed by atoms with E-state index in [1.54, 1.807) is 0 Å². The number of hydrogen-bond donors (Lipinski definition) is 0. The molecule has 0 aromatic heterocycles. The Labute approximate surface area is 119 Å². The number of hydrogen-bond acceptors (Lipinski definition) is 3. The fraction of sp³-hybridized carbons (Fsp3) is 0.222. The average molecular weight is 202 g/mol. The smallest absolute Gasteiger partial charge is 0.547 e. The van der Waals surface area contributed by atoms with E-state index in [-0.39, 0.29) is 57.5 Å². The van der Waals surface area contributed by atoms with Crippen molar-refractivity contribution in [3.05, 3.63) is 35.9 Å². The minimum atomic E-state index is -1.14. The number of carbonyl (C=O) groups is 1. The summed E-state index contributed by atoms with van der Waals surface area (Å²) in [6, 6.07) is 9.26. The standard InChI is InChI=1S/C9H8O3.K/c10-9(11)8-7(12-8)6-4-2-1-3-5-6;/h1-5,7-8H,(H,10,11);/q;+1/p-1/t7-,8-;/m0./s1. The second kappa shape index (κ2) is 4.68. The van der Waals surface area contributed by atoms with E-state index in [1.807, 2.05) is 30.3 Å². The van der Waals surface area contributed by atoms with Gasteiger partial charge in [-0.2, -0.15) is 0 Å². The molecule has 1 aromatic carbocycles. The number of benzene rings is 1. The van der Waals surface area contributed by atoms with Crippen molar-refractivity contribution in [2.75, 3.05) is 0 Å². The van der Waals surface area contributed by atoms with E-state index in [4.69, 9.17) is 4.74 Å². The van der Waals surface area contributed by atoms with Crippen LogP contribution in [-0.4, -0.2) is 12.1 Å². The molecule has 0 saturated carbocycles. The maximum absolute atomic E-state index is 10.3. The summed E-state index contributed by atoms with van der Waals surface area (Å²) < 4.78 is 4.90. The predicted molar refractivity (Wildman–Crippen MR) is 39.1 cm³/mol. The van der Waals surface area contributed by atoms with Crippen molar-refractivity contribution in [1.29, 1.82) is 0 Å². The maximum atomic E-state index is 10.3. The summed E-state index contributed by atoms with van der Waals surface area (Å²) >= 11 is 0. The Morgan fingerprint density at radius 3 is 2.38 bits per heavy atom.